The molecule has 0 aromatic heterocycles. The number of hydrogen-bond donors (Lipinski definition) is 2. The molecule has 0 radical (unpaired) electrons. The van der Waals surface area contributed by atoms with Gasteiger partial charge in [0, 0.05) is 32.0 Å². The zero-order valence-electron chi connectivity index (χ0n) is 14.6. The Labute approximate surface area is 154 Å². The molecule has 9 heteroatoms. The van der Waals surface area contributed by atoms with Crippen LogP contribution in [0.5, 0.6) is 0 Å². The lowest BCUT2D eigenvalue weighted by molar-refractivity contribution is -0.140. The number of nitrogens with zero attached hydrogens (tertiary/aromatic N) is 1. The van der Waals surface area contributed by atoms with Gasteiger partial charge in [0.2, 0.25) is 5.91 Å². The molecule has 0 aliphatic carbocycles. The predicted octanol–water partition coefficient (Wildman–Crippen LogP) is 2.64. The standard InChI is InChI=1S/C18H22F4N2O3/c19-15-2-1-12(7-14(15)18(20,21)22)23-17(26)16-8-13(25)10-24(16)9-11-3-5-27-6-4-11/h1-2,7,11,13,16,25H,3-6,8-10H2,(H,23,26)/t13-,16+/m1/s1. The molecular formula is C18H22F4N2O3. The van der Waals surface area contributed by atoms with Crippen LogP contribution in [0.1, 0.15) is 24.8 Å². The summed E-state index contributed by atoms with van der Waals surface area (Å²) in [6, 6.07) is 1.72. The Morgan fingerprint density at radius 3 is 2.67 bits per heavy atom. The molecule has 0 bridgehead atoms. The van der Waals surface area contributed by atoms with E-state index in [1.54, 1.807) is 0 Å². The van der Waals surface area contributed by atoms with Gasteiger partial charge in [-0.2, -0.15) is 13.2 Å². The first kappa shape index (κ1) is 20.0. The fourth-order valence-electron chi connectivity index (χ4n) is 3.66. The van der Waals surface area contributed by atoms with Crippen molar-refractivity contribution in [1.29, 1.82) is 0 Å². The van der Waals surface area contributed by atoms with E-state index < -0.39 is 35.6 Å². The van der Waals surface area contributed by atoms with Gasteiger partial charge in [-0.1, -0.05) is 0 Å². The van der Waals surface area contributed by atoms with Crippen molar-refractivity contribution in [3.63, 3.8) is 0 Å². The zero-order chi connectivity index (χ0) is 19.6. The van der Waals surface area contributed by atoms with E-state index in [0.717, 1.165) is 18.9 Å². The number of anilines is 1. The topological polar surface area (TPSA) is 61.8 Å². The largest absolute Gasteiger partial charge is 0.419 e. The van der Waals surface area contributed by atoms with Gasteiger partial charge in [0.1, 0.15) is 5.82 Å². The maximum Gasteiger partial charge on any atom is 0.419 e. The minimum absolute atomic E-state index is 0.124. The van der Waals surface area contributed by atoms with Gasteiger partial charge >= 0.3 is 6.18 Å². The van der Waals surface area contributed by atoms with E-state index in [9.17, 15) is 27.5 Å². The Kier molecular flexibility index (Phi) is 6.02. The molecule has 1 aromatic rings. The van der Waals surface area contributed by atoms with E-state index in [-0.39, 0.29) is 12.1 Å². The van der Waals surface area contributed by atoms with Crippen LogP contribution in [0.15, 0.2) is 18.2 Å². The summed E-state index contributed by atoms with van der Waals surface area (Å²) < 4.78 is 57.2. The van der Waals surface area contributed by atoms with Crippen LogP contribution in [0.2, 0.25) is 0 Å². The molecular weight excluding hydrogens is 368 g/mol. The third-order valence-corrected chi connectivity index (χ3v) is 5.06. The molecule has 27 heavy (non-hydrogen) atoms. The fraction of sp³-hybridized carbons (Fsp3) is 0.611. The maximum absolute atomic E-state index is 13.4. The van der Waals surface area contributed by atoms with Crippen LogP contribution >= 0.6 is 0 Å². The van der Waals surface area contributed by atoms with Crippen molar-refractivity contribution in [2.24, 2.45) is 5.92 Å². The zero-order valence-corrected chi connectivity index (χ0v) is 14.6. The molecule has 2 saturated heterocycles. The van der Waals surface area contributed by atoms with Crippen LogP contribution in [-0.2, 0) is 15.7 Å². The number of hydrogen-bond acceptors (Lipinski definition) is 4. The van der Waals surface area contributed by atoms with Gasteiger partial charge in [0.05, 0.1) is 17.7 Å². The second-order valence-corrected chi connectivity index (χ2v) is 7.10. The molecule has 0 spiro atoms. The molecule has 2 aliphatic heterocycles. The van der Waals surface area contributed by atoms with Crippen molar-refractivity contribution < 1.29 is 32.2 Å². The number of aliphatic hydroxyl groups is 1. The van der Waals surface area contributed by atoms with E-state index in [1.807, 2.05) is 4.90 Å². The summed E-state index contributed by atoms with van der Waals surface area (Å²) in [6.07, 6.45) is -3.56. The van der Waals surface area contributed by atoms with Gasteiger partial charge in [0.15, 0.2) is 0 Å². The summed E-state index contributed by atoms with van der Waals surface area (Å²) in [5.41, 5.74) is -1.55. The lowest BCUT2D eigenvalue weighted by atomic mass is 9.99. The summed E-state index contributed by atoms with van der Waals surface area (Å²) >= 11 is 0. The first-order chi connectivity index (χ1) is 12.7. The maximum atomic E-state index is 13.4. The third kappa shape index (κ3) is 4.97. The molecule has 2 fully saturated rings. The summed E-state index contributed by atoms with van der Waals surface area (Å²) in [5, 5.41) is 12.4. The smallest absolute Gasteiger partial charge is 0.392 e. The Morgan fingerprint density at radius 2 is 2.00 bits per heavy atom. The van der Waals surface area contributed by atoms with Crippen molar-refractivity contribution in [2.75, 3.05) is 31.6 Å². The Balaban J connectivity index is 1.68. The minimum atomic E-state index is -4.84. The molecule has 2 N–H and O–H groups in total. The minimum Gasteiger partial charge on any atom is -0.392 e. The number of ether oxygens (including phenoxy) is 1. The molecule has 2 atom stereocenters. The highest BCUT2D eigenvalue weighted by molar-refractivity contribution is 5.95. The number of halogens is 4. The SMILES string of the molecule is O=C(Nc1ccc(F)c(C(F)(F)F)c1)[C@@H]1C[C@@H](O)CN1CC1CCOCC1. The van der Waals surface area contributed by atoms with Crippen molar-refractivity contribution in [3.8, 4) is 0 Å². The molecule has 0 saturated carbocycles. The average molecular weight is 390 g/mol. The van der Waals surface area contributed by atoms with Crippen molar-refractivity contribution in [2.45, 2.75) is 37.6 Å². The molecule has 3 rings (SSSR count). The van der Waals surface area contributed by atoms with E-state index >= 15 is 0 Å². The molecule has 1 amide bonds. The van der Waals surface area contributed by atoms with Crippen molar-refractivity contribution in [1.82, 2.24) is 4.90 Å². The summed E-state index contributed by atoms with van der Waals surface area (Å²) in [6.45, 7) is 2.28. The van der Waals surface area contributed by atoms with Gasteiger partial charge in [-0.25, -0.2) is 4.39 Å². The number of rotatable bonds is 4. The van der Waals surface area contributed by atoms with Gasteiger partial charge in [-0.05, 0) is 43.4 Å². The van der Waals surface area contributed by atoms with Crippen LogP contribution in [0.4, 0.5) is 23.2 Å². The number of amides is 1. The highest BCUT2D eigenvalue weighted by Gasteiger charge is 2.38. The Bertz CT molecular complexity index is 677. The summed E-state index contributed by atoms with van der Waals surface area (Å²) in [4.78, 5) is 14.5. The van der Waals surface area contributed by atoms with E-state index in [1.165, 1.54) is 0 Å². The first-order valence-corrected chi connectivity index (χ1v) is 8.91. The fourth-order valence-corrected chi connectivity index (χ4v) is 3.66. The predicted molar refractivity (Wildman–Crippen MR) is 89.6 cm³/mol. The molecule has 2 aliphatic rings. The molecule has 0 unspecified atom stereocenters. The van der Waals surface area contributed by atoms with Gasteiger partial charge in [0.25, 0.3) is 0 Å². The number of carbonyl (C=O) groups is 1. The molecule has 1 aromatic carbocycles. The molecule has 2 heterocycles. The van der Waals surface area contributed by atoms with Gasteiger partial charge in [-0.15, -0.1) is 0 Å². The third-order valence-electron chi connectivity index (χ3n) is 5.06. The lowest BCUT2D eigenvalue weighted by Gasteiger charge is -2.30. The summed E-state index contributed by atoms with van der Waals surface area (Å²) in [7, 11) is 0. The first-order valence-electron chi connectivity index (χ1n) is 8.91. The highest BCUT2D eigenvalue weighted by Crippen LogP contribution is 2.33. The van der Waals surface area contributed by atoms with Crippen molar-refractivity contribution >= 4 is 11.6 Å². The van der Waals surface area contributed by atoms with E-state index in [4.69, 9.17) is 4.74 Å². The number of nitrogens with one attached hydrogen (secondary N) is 1. The van der Waals surface area contributed by atoms with Crippen LogP contribution in [0.25, 0.3) is 0 Å². The van der Waals surface area contributed by atoms with Crippen LogP contribution in [0.3, 0.4) is 0 Å². The number of β-amino-alcohol motifs (C(OH)–C–C–N with tert-alkyl or cyclic N) is 1. The number of likely N-dealkylation sites (tertiary alicyclic amines) is 1. The number of benzene rings is 1. The number of aliphatic hydroxyl groups excluding tert-OH is 1. The number of carbonyl (C=O) groups excluding carboxylic acids is 1. The second kappa shape index (κ2) is 8.12. The van der Waals surface area contributed by atoms with Crippen molar-refractivity contribution in [3.05, 3.63) is 29.6 Å². The normalized spacial score (nSPS) is 24.9. The van der Waals surface area contributed by atoms with Crippen LogP contribution in [-0.4, -0.2) is 54.4 Å². The van der Waals surface area contributed by atoms with Gasteiger partial charge < -0.3 is 15.2 Å². The second-order valence-electron chi connectivity index (χ2n) is 7.10. The van der Waals surface area contributed by atoms with E-state index in [0.29, 0.717) is 44.4 Å². The highest BCUT2D eigenvalue weighted by atomic mass is 19.4. The monoisotopic (exact) mass is 390 g/mol. The van der Waals surface area contributed by atoms with Crippen LogP contribution in [0, 0.1) is 11.7 Å². The van der Waals surface area contributed by atoms with E-state index in [2.05, 4.69) is 5.32 Å². The lowest BCUT2D eigenvalue weighted by Crippen LogP contribution is -2.42. The van der Waals surface area contributed by atoms with Crippen LogP contribution < -0.4 is 5.32 Å². The van der Waals surface area contributed by atoms with Gasteiger partial charge in [-0.3, -0.25) is 9.69 Å². The average Bonchev–Trinajstić information content (AvgIpc) is 2.97. The molecule has 150 valence electrons. The summed E-state index contributed by atoms with van der Waals surface area (Å²) in [5.74, 6) is -1.54. The Morgan fingerprint density at radius 1 is 1.30 bits per heavy atom. The molecule has 5 nitrogen and oxygen atoms in total. The quantitative estimate of drug-likeness (QED) is 0.776. The Hall–Kier alpha value is -1.71. The number of alkyl halides is 3.